The second-order valence-electron chi connectivity index (χ2n) is 4.13. The summed E-state index contributed by atoms with van der Waals surface area (Å²) in [5.74, 6) is 0. The average Bonchev–Trinajstić information content (AvgIpc) is 2.75. The lowest BCUT2D eigenvalue weighted by atomic mass is 10.2. The van der Waals surface area contributed by atoms with Crippen LogP contribution in [-0.2, 0) is 4.74 Å². The predicted octanol–water partition coefficient (Wildman–Crippen LogP) is 2.02. The minimum atomic E-state index is 0.293. The molecule has 1 unspecified atom stereocenters. The third-order valence-corrected chi connectivity index (χ3v) is 2.92. The van der Waals surface area contributed by atoms with Crippen LogP contribution in [0.1, 0.15) is 6.92 Å². The van der Waals surface area contributed by atoms with Gasteiger partial charge >= 0.3 is 0 Å². The minimum absolute atomic E-state index is 0.293. The number of fused-ring (bicyclic) bond motifs is 1. The highest BCUT2D eigenvalue weighted by atomic mass is 16.5. The van der Waals surface area contributed by atoms with E-state index in [1.165, 1.54) is 12.1 Å². The molecule has 1 aliphatic heterocycles. The Balaban J connectivity index is 1.92. The molecule has 0 bridgehead atoms. The van der Waals surface area contributed by atoms with Crippen LogP contribution in [-0.4, -0.2) is 30.8 Å². The van der Waals surface area contributed by atoms with Crippen LogP contribution < -0.4 is 4.90 Å². The van der Waals surface area contributed by atoms with Crippen molar-refractivity contribution in [3.63, 3.8) is 0 Å². The van der Waals surface area contributed by atoms with Crippen molar-refractivity contribution in [3.8, 4) is 0 Å². The lowest BCUT2D eigenvalue weighted by molar-refractivity contribution is 0.0249. The fraction of sp³-hybridized carbons (Fsp3) is 0.417. The second-order valence-corrected chi connectivity index (χ2v) is 4.13. The monoisotopic (exact) mass is 218 g/mol. The smallest absolute Gasteiger partial charge is 0.183 e. The molecule has 16 heavy (non-hydrogen) atoms. The zero-order valence-electron chi connectivity index (χ0n) is 9.22. The molecule has 0 aliphatic carbocycles. The third-order valence-electron chi connectivity index (χ3n) is 2.92. The van der Waals surface area contributed by atoms with E-state index in [0.29, 0.717) is 6.10 Å². The molecule has 4 heteroatoms. The predicted molar refractivity (Wildman–Crippen MR) is 61.0 cm³/mol. The third kappa shape index (κ3) is 1.70. The van der Waals surface area contributed by atoms with Gasteiger partial charge in [0.1, 0.15) is 18.2 Å². The Bertz CT molecular complexity index is 494. The van der Waals surface area contributed by atoms with Crippen LogP contribution in [0.25, 0.3) is 11.1 Å². The molecule has 0 spiro atoms. The Hall–Kier alpha value is -1.39. The topological polar surface area (TPSA) is 41.2 Å². The largest absolute Gasteiger partial charge is 0.443 e. The maximum atomic E-state index is 5.53. The number of aromatic nitrogens is 1. The van der Waals surface area contributed by atoms with Crippen LogP contribution >= 0.6 is 0 Å². The van der Waals surface area contributed by atoms with Gasteiger partial charge in [0.25, 0.3) is 0 Å². The van der Waals surface area contributed by atoms with Gasteiger partial charge in [-0.3, -0.25) is 0 Å². The molecule has 0 N–H and O–H groups in total. The molecule has 1 fully saturated rings. The first-order chi connectivity index (χ1) is 7.83. The van der Waals surface area contributed by atoms with Gasteiger partial charge in [-0.15, -0.1) is 4.90 Å². The van der Waals surface area contributed by atoms with E-state index in [2.05, 4.69) is 28.9 Å². The standard InChI is InChI=1S/C12H14N2O2/c1-9-7-14(4-5-15-9)10-2-3-12-11(6-10)13-8-16-12/h2-3,6,8-9H,4-5,7H2,1H3/q+1. The molecule has 4 nitrogen and oxygen atoms in total. The van der Waals surface area contributed by atoms with Crippen LogP contribution in [0.3, 0.4) is 0 Å². The quantitative estimate of drug-likeness (QED) is 0.687. The van der Waals surface area contributed by atoms with Gasteiger partial charge in [0, 0.05) is 12.1 Å². The number of morpholine rings is 1. The molecular formula is C12H14N2O2+. The van der Waals surface area contributed by atoms with Gasteiger partial charge in [-0.1, -0.05) is 0 Å². The molecule has 0 saturated carbocycles. The summed E-state index contributed by atoms with van der Waals surface area (Å²) in [6.45, 7) is 4.76. The number of ether oxygens (including phenoxy) is 1. The van der Waals surface area contributed by atoms with E-state index in [1.54, 1.807) is 0 Å². The summed E-state index contributed by atoms with van der Waals surface area (Å²) < 4.78 is 10.8. The van der Waals surface area contributed by atoms with Crippen molar-refractivity contribution in [1.29, 1.82) is 0 Å². The summed E-state index contributed by atoms with van der Waals surface area (Å²) in [7, 11) is 0. The highest BCUT2D eigenvalue weighted by Gasteiger charge is 2.27. The number of anilines is 1. The maximum Gasteiger partial charge on any atom is 0.183 e. The van der Waals surface area contributed by atoms with Crippen molar-refractivity contribution >= 4 is 16.8 Å². The first-order valence-corrected chi connectivity index (χ1v) is 5.53. The summed E-state index contributed by atoms with van der Waals surface area (Å²) in [5, 5.41) is 0. The van der Waals surface area contributed by atoms with E-state index < -0.39 is 0 Å². The van der Waals surface area contributed by atoms with Crippen LogP contribution in [0.2, 0.25) is 0 Å². The van der Waals surface area contributed by atoms with Crippen LogP contribution in [0, 0.1) is 0 Å². The van der Waals surface area contributed by atoms with E-state index in [-0.39, 0.29) is 0 Å². The van der Waals surface area contributed by atoms with Crippen LogP contribution in [0.4, 0.5) is 5.69 Å². The lowest BCUT2D eigenvalue weighted by Gasteiger charge is -2.22. The second kappa shape index (κ2) is 3.88. The number of hydrogen-bond donors (Lipinski definition) is 0. The highest BCUT2D eigenvalue weighted by Crippen LogP contribution is 2.22. The molecule has 2 heterocycles. The van der Waals surface area contributed by atoms with Crippen LogP contribution in [0.5, 0.6) is 0 Å². The minimum Gasteiger partial charge on any atom is -0.443 e. The SMILES string of the molecule is CC1C[N+](c2ccc3ocnc3c2)CCO1. The number of oxazole rings is 1. The van der Waals surface area contributed by atoms with Crippen molar-refractivity contribution in [3.05, 3.63) is 24.6 Å². The van der Waals surface area contributed by atoms with Crippen molar-refractivity contribution in [2.75, 3.05) is 19.7 Å². The van der Waals surface area contributed by atoms with Gasteiger partial charge in [-0.25, -0.2) is 4.98 Å². The van der Waals surface area contributed by atoms with Gasteiger partial charge in [0.05, 0.1) is 0 Å². The average molecular weight is 218 g/mol. The maximum absolute atomic E-state index is 5.53. The molecule has 0 amide bonds. The number of nitrogens with zero attached hydrogens (tertiary/aromatic N) is 2. The molecule has 1 radical (unpaired) electrons. The summed E-state index contributed by atoms with van der Waals surface area (Å²) in [4.78, 5) is 6.49. The Morgan fingerprint density at radius 1 is 1.44 bits per heavy atom. The Morgan fingerprint density at radius 3 is 3.25 bits per heavy atom. The van der Waals surface area contributed by atoms with E-state index >= 15 is 0 Å². The van der Waals surface area contributed by atoms with Crippen molar-refractivity contribution < 1.29 is 9.15 Å². The Morgan fingerprint density at radius 2 is 2.38 bits per heavy atom. The van der Waals surface area contributed by atoms with Crippen molar-refractivity contribution in [1.82, 2.24) is 9.88 Å². The Kier molecular flexibility index (Phi) is 2.38. The fourth-order valence-corrected chi connectivity index (χ4v) is 2.10. The first kappa shape index (κ1) is 9.81. The van der Waals surface area contributed by atoms with Gasteiger partial charge in [-0.2, -0.15) is 0 Å². The molecule has 1 aliphatic rings. The fourth-order valence-electron chi connectivity index (χ4n) is 2.10. The number of hydrogen-bond acceptors (Lipinski definition) is 4. The first-order valence-electron chi connectivity index (χ1n) is 5.53. The van der Waals surface area contributed by atoms with Crippen molar-refractivity contribution in [2.24, 2.45) is 0 Å². The van der Waals surface area contributed by atoms with E-state index in [1.807, 2.05) is 6.07 Å². The van der Waals surface area contributed by atoms with E-state index in [0.717, 1.165) is 30.8 Å². The van der Waals surface area contributed by atoms with E-state index in [9.17, 15) is 0 Å². The zero-order chi connectivity index (χ0) is 11.0. The Labute approximate surface area is 93.8 Å². The molecule has 2 aromatic rings. The molecule has 3 rings (SSSR count). The number of rotatable bonds is 1. The van der Waals surface area contributed by atoms with Crippen molar-refractivity contribution in [2.45, 2.75) is 13.0 Å². The summed E-state index contributed by atoms with van der Waals surface area (Å²) in [5.41, 5.74) is 2.94. The molecular weight excluding hydrogens is 204 g/mol. The van der Waals surface area contributed by atoms with Gasteiger partial charge < -0.3 is 9.15 Å². The van der Waals surface area contributed by atoms with Crippen LogP contribution in [0.15, 0.2) is 29.0 Å². The molecule has 83 valence electrons. The van der Waals surface area contributed by atoms with Gasteiger partial charge in [0.2, 0.25) is 0 Å². The summed E-state index contributed by atoms with van der Waals surface area (Å²) >= 11 is 0. The molecule has 1 saturated heterocycles. The van der Waals surface area contributed by atoms with Gasteiger partial charge in [-0.05, 0) is 13.0 Å². The molecule has 1 aromatic carbocycles. The zero-order valence-corrected chi connectivity index (χ0v) is 9.22. The highest BCUT2D eigenvalue weighted by molar-refractivity contribution is 5.76. The summed E-state index contributed by atoms with van der Waals surface area (Å²) in [6.07, 6.45) is 1.78. The summed E-state index contributed by atoms with van der Waals surface area (Å²) in [6, 6.07) is 6.11. The lowest BCUT2D eigenvalue weighted by Crippen LogP contribution is -2.42. The van der Waals surface area contributed by atoms with E-state index in [4.69, 9.17) is 9.15 Å². The molecule has 1 aromatic heterocycles. The molecule has 1 atom stereocenters. The number of benzene rings is 1. The van der Waals surface area contributed by atoms with Gasteiger partial charge in [0.15, 0.2) is 30.8 Å². The normalized spacial score (nSPS) is 22.7.